The van der Waals surface area contributed by atoms with E-state index in [1.165, 1.54) is 0 Å². The van der Waals surface area contributed by atoms with Gasteiger partial charge in [-0.2, -0.15) is 0 Å². The number of carbonyl (C=O) groups is 1. The number of carbonyl (C=O) groups excluding carboxylic acids is 1. The van der Waals surface area contributed by atoms with Crippen LogP contribution in [0, 0.1) is 0 Å². The van der Waals surface area contributed by atoms with Crippen LogP contribution in [-0.4, -0.2) is 16.3 Å². The smallest absolute Gasteiger partial charge is 0.125 e. The van der Waals surface area contributed by atoms with Gasteiger partial charge in [-0.05, 0) is 29.8 Å². The van der Waals surface area contributed by atoms with Crippen molar-refractivity contribution < 1.29 is 4.79 Å². The van der Waals surface area contributed by atoms with Gasteiger partial charge in [-0.15, -0.1) is 11.3 Å². The Bertz CT molecular complexity index is 769. The summed E-state index contributed by atoms with van der Waals surface area (Å²) in [5, 5.41) is 1.64. The Hall–Kier alpha value is -2.04. The van der Waals surface area contributed by atoms with Gasteiger partial charge in [0.05, 0.1) is 5.69 Å². The van der Waals surface area contributed by atoms with Crippen LogP contribution in [0.5, 0.6) is 0 Å². The van der Waals surface area contributed by atoms with Crippen LogP contribution in [0.4, 0.5) is 0 Å². The molecule has 0 aliphatic carbocycles. The van der Waals surface area contributed by atoms with Crippen LogP contribution >= 0.6 is 22.9 Å². The van der Waals surface area contributed by atoms with Crippen LogP contribution < -0.4 is 0 Å². The van der Waals surface area contributed by atoms with E-state index in [4.69, 9.17) is 16.6 Å². The average molecular weight is 329 g/mol. The Morgan fingerprint density at radius 1 is 1.09 bits per heavy atom. The van der Waals surface area contributed by atoms with Gasteiger partial charge in [0, 0.05) is 40.7 Å². The highest BCUT2D eigenvalue weighted by atomic mass is 35.5. The predicted octanol–water partition coefficient (Wildman–Crippen LogP) is 4.19. The monoisotopic (exact) mass is 328 g/mol. The standard InChI is InChI=1S/C17H13ClN2OS/c18-14-3-1-12(2-4-14)11-15-16(7-10-21)22-17(20-15)13-5-8-19-9-6-13/h1-6,8-10H,7,11H2. The maximum atomic E-state index is 10.9. The fraction of sp³-hybridized carbons (Fsp3) is 0.118. The van der Waals surface area contributed by atoms with Crippen LogP contribution in [0.1, 0.15) is 16.1 Å². The number of hydrogen-bond donors (Lipinski definition) is 0. The summed E-state index contributed by atoms with van der Waals surface area (Å²) in [5.74, 6) is 0. The molecule has 3 nitrogen and oxygen atoms in total. The van der Waals surface area contributed by atoms with E-state index in [2.05, 4.69) is 4.98 Å². The fourth-order valence-electron chi connectivity index (χ4n) is 2.17. The first-order chi connectivity index (χ1) is 10.8. The summed E-state index contributed by atoms with van der Waals surface area (Å²) in [5.41, 5.74) is 3.10. The number of rotatable bonds is 5. The number of hydrogen-bond acceptors (Lipinski definition) is 4. The van der Waals surface area contributed by atoms with Crippen molar-refractivity contribution in [3.05, 3.63) is 69.9 Å². The van der Waals surface area contributed by atoms with Gasteiger partial charge in [-0.3, -0.25) is 4.98 Å². The zero-order valence-corrected chi connectivity index (χ0v) is 13.3. The minimum absolute atomic E-state index is 0.395. The molecule has 3 aromatic rings. The second-order valence-electron chi connectivity index (χ2n) is 4.80. The molecule has 0 atom stereocenters. The predicted molar refractivity (Wildman–Crippen MR) is 89.4 cm³/mol. The van der Waals surface area contributed by atoms with E-state index in [1.807, 2.05) is 36.4 Å². The maximum Gasteiger partial charge on any atom is 0.125 e. The van der Waals surface area contributed by atoms with Crippen molar-refractivity contribution in [1.82, 2.24) is 9.97 Å². The minimum Gasteiger partial charge on any atom is -0.303 e. The molecule has 0 aliphatic rings. The first-order valence-corrected chi connectivity index (χ1v) is 8.03. The normalized spacial score (nSPS) is 10.6. The van der Waals surface area contributed by atoms with E-state index in [-0.39, 0.29) is 0 Å². The Balaban J connectivity index is 1.93. The molecule has 0 saturated heterocycles. The van der Waals surface area contributed by atoms with Crippen molar-refractivity contribution in [2.75, 3.05) is 0 Å². The highest BCUT2D eigenvalue weighted by Crippen LogP contribution is 2.29. The van der Waals surface area contributed by atoms with Crippen LogP contribution in [0.3, 0.4) is 0 Å². The molecule has 0 saturated carbocycles. The first-order valence-electron chi connectivity index (χ1n) is 6.83. The molecule has 110 valence electrons. The molecule has 0 amide bonds. The summed E-state index contributed by atoms with van der Waals surface area (Å²) in [6, 6.07) is 11.6. The van der Waals surface area contributed by atoms with E-state index in [0.29, 0.717) is 17.9 Å². The minimum atomic E-state index is 0.395. The first kappa shape index (κ1) is 14.9. The lowest BCUT2D eigenvalue weighted by Gasteiger charge is -2.00. The number of aromatic nitrogens is 2. The Morgan fingerprint density at radius 3 is 2.50 bits per heavy atom. The topological polar surface area (TPSA) is 42.9 Å². The molecular formula is C17H13ClN2OS. The number of benzene rings is 1. The van der Waals surface area contributed by atoms with Crippen molar-refractivity contribution in [1.29, 1.82) is 0 Å². The average Bonchev–Trinajstić information content (AvgIpc) is 2.94. The molecule has 0 unspecified atom stereocenters. The number of halogens is 1. The third kappa shape index (κ3) is 3.40. The zero-order chi connectivity index (χ0) is 15.4. The summed E-state index contributed by atoms with van der Waals surface area (Å²) in [6.45, 7) is 0. The second-order valence-corrected chi connectivity index (χ2v) is 6.32. The highest BCUT2D eigenvalue weighted by Gasteiger charge is 2.13. The van der Waals surface area contributed by atoms with Gasteiger partial charge >= 0.3 is 0 Å². The molecule has 2 aromatic heterocycles. The van der Waals surface area contributed by atoms with Crippen LogP contribution in [0.15, 0.2) is 48.8 Å². The fourth-order valence-corrected chi connectivity index (χ4v) is 3.33. The van der Waals surface area contributed by atoms with E-state index in [9.17, 15) is 4.79 Å². The molecule has 0 radical (unpaired) electrons. The van der Waals surface area contributed by atoms with Gasteiger partial charge in [0.15, 0.2) is 0 Å². The zero-order valence-electron chi connectivity index (χ0n) is 11.7. The second kappa shape index (κ2) is 6.81. The third-order valence-corrected chi connectivity index (χ3v) is 4.68. The lowest BCUT2D eigenvalue weighted by atomic mass is 10.1. The molecule has 2 heterocycles. The van der Waals surface area contributed by atoms with Crippen molar-refractivity contribution in [2.24, 2.45) is 0 Å². The van der Waals surface area contributed by atoms with Gasteiger partial charge in [-0.25, -0.2) is 4.98 Å². The summed E-state index contributed by atoms with van der Waals surface area (Å²) in [4.78, 5) is 20.7. The molecule has 5 heteroatoms. The summed E-state index contributed by atoms with van der Waals surface area (Å²) in [7, 11) is 0. The van der Waals surface area contributed by atoms with Crippen molar-refractivity contribution >= 4 is 29.2 Å². The SMILES string of the molecule is O=CCc1sc(-c2ccncc2)nc1Cc1ccc(Cl)cc1. The molecule has 0 fully saturated rings. The highest BCUT2D eigenvalue weighted by molar-refractivity contribution is 7.15. The van der Waals surface area contributed by atoms with Gasteiger partial charge in [0.2, 0.25) is 0 Å². The molecule has 22 heavy (non-hydrogen) atoms. The quantitative estimate of drug-likeness (QED) is 0.659. The van der Waals surface area contributed by atoms with E-state index in [1.54, 1.807) is 23.7 Å². The Kier molecular flexibility index (Phi) is 4.61. The third-order valence-electron chi connectivity index (χ3n) is 3.26. The number of aldehydes is 1. The summed E-state index contributed by atoms with van der Waals surface area (Å²) < 4.78 is 0. The van der Waals surface area contributed by atoms with E-state index in [0.717, 1.165) is 33.0 Å². The van der Waals surface area contributed by atoms with Gasteiger partial charge in [0.25, 0.3) is 0 Å². The maximum absolute atomic E-state index is 10.9. The van der Waals surface area contributed by atoms with Crippen LogP contribution in [0.25, 0.3) is 10.6 Å². The van der Waals surface area contributed by atoms with Crippen LogP contribution in [0.2, 0.25) is 5.02 Å². The molecule has 0 bridgehead atoms. The molecule has 1 aromatic carbocycles. The molecule has 0 spiro atoms. The van der Waals surface area contributed by atoms with Crippen molar-refractivity contribution in [2.45, 2.75) is 12.8 Å². The van der Waals surface area contributed by atoms with Crippen molar-refractivity contribution in [3.8, 4) is 10.6 Å². The van der Waals surface area contributed by atoms with Gasteiger partial charge in [0.1, 0.15) is 11.3 Å². The number of thiazole rings is 1. The molecule has 3 rings (SSSR count). The molecular weight excluding hydrogens is 316 g/mol. The Labute approximate surface area is 137 Å². The van der Waals surface area contributed by atoms with E-state index < -0.39 is 0 Å². The van der Waals surface area contributed by atoms with Gasteiger partial charge < -0.3 is 4.79 Å². The molecule has 0 aliphatic heterocycles. The Morgan fingerprint density at radius 2 is 1.82 bits per heavy atom. The number of pyridine rings is 1. The van der Waals surface area contributed by atoms with Crippen molar-refractivity contribution in [3.63, 3.8) is 0 Å². The number of nitrogens with zero attached hydrogens (tertiary/aromatic N) is 2. The van der Waals surface area contributed by atoms with E-state index >= 15 is 0 Å². The lowest BCUT2D eigenvalue weighted by molar-refractivity contribution is -0.107. The molecule has 0 N–H and O–H groups in total. The van der Waals surface area contributed by atoms with Crippen LogP contribution in [-0.2, 0) is 17.6 Å². The van der Waals surface area contributed by atoms with Gasteiger partial charge in [-0.1, -0.05) is 23.7 Å². The summed E-state index contributed by atoms with van der Waals surface area (Å²) >= 11 is 7.48. The largest absolute Gasteiger partial charge is 0.303 e. The lowest BCUT2D eigenvalue weighted by Crippen LogP contribution is -1.94. The summed E-state index contributed by atoms with van der Waals surface area (Å²) in [6.07, 6.45) is 5.51.